The van der Waals surface area contributed by atoms with Crippen molar-refractivity contribution in [1.29, 1.82) is 0 Å². The van der Waals surface area contributed by atoms with E-state index in [-0.39, 0.29) is 0 Å². The van der Waals surface area contributed by atoms with Crippen LogP contribution < -0.4 is 14.2 Å². The van der Waals surface area contributed by atoms with Crippen molar-refractivity contribution in [3.63, 3.8) is 0 Å². The average Bonchev–Trinajstić information content (AvgIpc) is 2.86. The molecule has 2 aromatic heterocycles. The summed E-state index contributed by atoms with van der Waals surface area (Å²) in [5, 5.41) is 11.2. The predicted octanol–water partition coefficient (Wildman–Crippen LogP) is 7.36. The molecule has 184 valence electrons. The number of ether oxygens (including phenoxy) is 2. The molecule has 0 aliphatic carbocycles. The van der Waals surface area contributed by atoms with Gasteiger partial charge >= 0.3 is 0 Å². The van der Waals surface area contributed by atoms with Crippen molar-refractivity contribution < 1.29 is 14.2 Å². The number of rotatable bonds is 4. The van der Waals surface area contributed by atoms with E-state index in [1.165, 1.54) is 17.3 Å². The number of hydrogen-bond donors (Lipinski definition) is 0. The summed E-state index contributed by atoms with van der Waals surface area (Å²) in [5.41, 5.74) is 6.19. The molecule has 5 nitrogen and oxygen atoms in total. The predicted molar refractivity (Wildman–Crippen MR) is 144 cm³/mol. The minimum Gasteiger partial charge on any atom is -0.619 e. The second-order valence-electron chi connectivity index (χ2n) is 7.27. The van der Waals surface area contributed by atoms with Gasteiger partial charge in [0.2, 0.25) is 0 Å². The number of alkyl halides is 3. The highest BCUT2D eigenvalue weighted by Crippen LogP contribution is 2.23. The van der Waals surface area contributed by atoms with Crippen LogP contribution in [0.25, 0.3) is 22.3 Å². The van der Waals surface area contributed by atoms with Gasteiger partial charge in [0.05, 0.1) is 14.2 Å². The number of aryl methyl sites for hydroxylation is 2. The maximum Gasteiger partial charge on any atom is 0.190 e. The maximum absolute atomic E-state index is 11.2. The van der Waals surface area contributed by atoms with Crippen molar-refractivity contribution in [2.45, 2.75) is 18.1 Å². The molecular formula is C27H27Cl3N2O3. The normalized spacial score (nSPS) is 9.94. The molecule has 0 saturated heterocycles. The number of aromatic nitrogens is 2. The van der Waals surface area contributed by atoms with Crippen molar-refractivity contribution in [3.8, 4) is 33.8 Å². The van der Waals surface area contributed by atoms with Gasteiger partial charge in [-0.05, 0) is 65.6 Å². The Kier molecular flexibility index (Phi) is 11.6. The van der Waals surface area contributed by atoms with E-state index >= 15 is 0 Å². The van der Waals surface area contributed by atoms with Crippen LogP contribution in [0.2, 0.25) is 0 Å². The highest BCUT2D eigenvalue weighted by molar-refractivity contribution is 6.63. The third kappa shape index (κ3) is 9.65. The average molecular weight is 534 g/mol. The van der Waals surface area contributed by atoms with Gasteiger partial charge in [0, 0.05) is 30.9 Å². The Bertz CT molecular complexity index is 1180. The lowest BCUT2D eigenvalue weighted by Gasteiger charge is -2.05. The van der Waals surface area contributed by atoms with Gasteiger partial charge in [0.1, 0.15) is 11.5 Å². The van der Waals surface area contributed by atoms with Crippen molar-refractivity contribution in [3.05, 3.63) is 102 Å². The molecular weight excluding hydrogens is 507 g/mol. The smallest absolute Gasteiger partial charge is 0.190 e. The monoisotopic (exact) mass is 532 g/mol. The highest BCUT2D eigenvalue weighted by Gasteiger charge is 2.03. The minimum atomic E-state index is -0.750. The minimum absolute atomic E-state index is 0.688. The van der Waals surface area contributed by atoms with Gasteiger partial charge in [-0.3, -0.25) is 4.98 Å². The molecule has 2 aromatic carbocycles. The third-order valence-corrected chi connectivity index (χ3v) is 4.84. The summed E-state index contributed by atoms with van der Waals surface area (Å²) in [6, 6.07) is 23.5. The van der Waals surface area contributed by atoms with Gasteiger partial charge in [-0.1, -0.05) is 59.1 Å². The van der Waals surface area contributed by atoms with Crippen molar-refractivity contribution in [2.75, 3.05) is 14.2 Å². The Hall–Kier alpha value is -2.99. The second kappa shape index (κ2) is 14.4. The van der Waals surface area contributed by atoms with Gasteiger partial charge in [0.15, 0.2) is 16.2 Å². The number of nitrogens with zero attached hydrogens (tertiary/aromatic N) is 2. The topological polar surface area (TPSA) is 58.3 Å². The van der Waals surface area contributed by atoms with E-state index in [0.29, 0.717) is 5.69 Å². The molecule has 0 amide bonds. The van der Waals surface area contributed by atoms with Gasteiger partial charge < -0.3 is 14.7 Å². The van der Waals surface area contributed by atoms with E-state index in [9.17, 15) is 5.21 Å². The highest BCUT2D eigenvalue weighted by atomic mass is 35.6. The SMILES string of the molecule is COc1ccc(-c2cc[n+]([O-])c(C)c2)cc1.COc1ccc(-c2ccnc(C)c2)cc1.ClC(Cl)Cl. The van der Waals surface area contributed by atoms with Crippen LogP contribution in [0, 0.1) is 19.1 Å². The van der Waals surface area contributed by atoms with Crippen LogP contribution in [-0.2, 0) is 0 Å². The summed E-state index contributed by atoms with van der Waals surface area (Å²) in [6.45, 7) is 3.78. The molecule has 8 heteroatoms. The largest absolute Gasteiger partial charge is 0.619 e. The fraction of sp³-hybridized carbons (Fsp3) is 0.185. The quantitative estimate of drug-likeness (QED) is 0.156. The standard InChI is InChI=1S/C13H13NO2.C13H13NO.CHCl3/c1-10-9-12(7-8-14(10)15)11-3-5-13(16-2)6-4-11;1-10-9-12(7-8-14-10)11-3-5-13(15-2)6-4-11;2-1(3)4/h3-9H,1-2H3;3-9H,1-2H3;1H. The van der Waals surface area contributed by atoms with Crippen molar-refractivity contribution >= 4 is 34.8 Å². The Morgan fingerprint density at radius 2 is 1.17 bits per heavy atom. The fourth-order valence-electron chi connectivity index (χ4n) is 3.07. The summed E-state index contributed by atoms with van der Waals surface area (Å²) < 4.78 is 10.3. The molecule has 0 aliphatic rings. The zero-order valence-electron chi connectivity index (χ0n) is 19.9. The van der Waals surface area contributed by atoms with Gasteiger partial charge in [-0.2, -0.15) is 4.73 Å². The molecule has 0 saturated carbocycles. The van der Waals surface area contributed by atoms with Crippen LogP contribution >= 0.6 is 34.8 Å². The number of methoxy groups -OCH3 is 2. The molecule has 0 spiro atoms. The first-order valence-electron chi connectivity index (χ1n) is 10.6. The van der Waals surface area contributed by atoms with E-state index < -0.39 is 4.30 Å². The molecule has 0 N–H and O–H groups in total. The fourth-order valence-corrected chi connectivity index (χ4v) is 3.07. The van der Waals surface area contributed by atoms with Gasteiger partial charge in [0.25, 0.3) is 0 Å². The number of pyridine rings is 2. The van der Waals surface area contributed by atoms with Crippen LogP contribution in [0.5, 0.6) is 11.5 Å². The van der Waals surface area contributed by atoms with E-state index in [1.807, 2.05) is 79.9 Å². The molecule has 35 heavy (non-hydrogen) atoms. The maximum atomic E-state index is 11.2. The number of halogens is 3. The Labute approximate surface area is 221 Å². The lowest BCUT2D eigenvalue weighted by molar-refractivity contribution is -0.612. The van der Waals surface area contributed by atoms with Gasteiger partial charge in [-0.25, -0.2) is 0 Å². The second-order valence-corrected chi connectivity index (χ2v) is 9.25. The summed E-state index contributed by atoms with van der Waals surface area (Å²) in [6.07, 6.45) is 3.35. The van der Waals surface area contributed by atoms with Crippen LogP contribution in [0.15, 0.2) is 85.2 Å². The molecule has 0 radical (unpaired) electrons. The van der Waals surface area contributed by atoms with Crippen LogP contribution in [0.4, 0.5) is 0 Å². The van der Waals surface area contributed by atoms with E-state index in [2.05, 4.69) is 11.1 Å². The summed E-state index contributed by atoms with van der Waals surface area (Å²) >= 11 is 14.4. The number of benzene rings is 2. The van der Waals surface area contributed by atoms with E-state index in [1.54, 1.807) is 21.1 Å². The molecule has 4 rings (SSSR count). The lowest BCUT2D eigenvalue weighted by Crippen LogP contribution is -2.28. The van der Waals surface area contributed by atoms with Crippen LogP contribution in [-0.4, -0.2) is 23.5 Å². The summed E-state index contributed by atoms with van der Waals surface area (Å²) in [4.78, 5) is 4.17. The molecule has 4 aromatic rings. The molecule has 0 atom stereocenters. The van der Waals surface area contributed by atoms with Crippen molar-refractivity contribution in [1.82, 2.24) is 4.98 Å². The molecule has 0 fully saturated rings. The summed E-state index contributed by atoms with van der Waals surface area (Å²) in [7, 11) is 3.31. The summed E-state index contributed by atoms with van der Waals surface area (Å²) in [5.74, 6) is 1.71. The molecule has 0 unspecified atom stereocenters. The Morgan fingerprint density at radius 1 is 0.714 bits per heavy atom. The lowest BCUT2D eigenvalue weighted by atomic mass is 10.1. The zero-order chi connectivity index (χ0) is 25.8. The van der Waals surface area contributed by atoms with E-state index in [0.717, 1.165) is 33.1 Å². The van der Waals surface area contributed by atoms with E-state index in [4.69, 9.17) is 44.3 Å². The van der Waals surface area contributed by atoms with Crippen LogP contribution in [0.1, 0.15) is 11.4 Å². The van der Waals surface area contributed by atoms with Gasteiger partial charge in [-0.15, -0.1) is 0 Å². The first-order chi connectivity index (χ1) is 16.7. The first kappa shape index (κ1) is 28.2. The third-order valence-electron chi connectivity index (χ3n) is 4.84. The molecule has 0 aliphatic heterocycles. The van der Waals surface area contributed by atoms with Crippen molar-refractivity contribution in [2.24, 2.45) is 0 Å². The molecule has 0 bridgehead atoms. The zero-order valence-corrected chi connectivity index (χ0v) is 22.2. The Balaban J connectivity index is 0.000000215. The molecule has 2 heterocycles. The number of hydrogen-bond acceptors (Lipinski definition) is 4. The first-order valence-corrected chi connectivity index (χ1v) is 11.9. The van der Waals surface area contributed by atoms with Crippen LogP contribution in [0.3, 0.4) is 0 Å². The Morgan fingerprint density at radius 3 is 1.57 bits per heavy atom.